The zero-order valence-electron chi connectivity index (χ0n) is 7.71. The summed E-state index contributed by atoms with van der Waals surface area (Å²) in [5.41, 5.74) is 9.77. The van der Waals surface area contributed by atoms with Crippen LogP contribution in [0.3, 0.4) is 0 Å². The van der Waals surface area contributed by atoms with E-state index in [1.807, 2.05) is 6.92 Å². The number of carboxylic acid groups (broad SMARTS) is 1. The number of hydrogen-bond acceptors (Lipinski definition) is 3. The Balaban J connectivity index is 3.96. The van der Waals surface area contributed by atoms with Gasteiger partial charge in [0.1, 0.15) is 5.54 Å². The van der Waals surface area contributed by atoms with Crippen LogP contribution >= 0.6 is 0 Å². The standard InChI is InChI=1S/C8H18N2O2/c1-6(3-4-9)5-8(2,10)7(11)12/h6H,3-5,9-10H2,1-2H3,(H,11,12)/t6?,8-/m0/s1. The summed E-state index contributed by atoms with van der Waals surface area (Å²) >= 11 is 0. The summed E-state index contributed by atoms with van der Waals surface area (Å²) in [6, 6.07) is 0. The van der Waals surface area contributed by atoms with Gasteiger partial charge in [-0.25, -0.2) is 0 Å². The molecular formula is C8H18N2O2. The Bertz CT molecular complexity index is 157. The van der Waals surface area contributed by atoms with Crippen LogP contribution in [-0.2, 0) is 4.79 Å². The van der Waals surface area contributed by atoms with Crippen molar-refractivity contribution in [3.8, 4) is 0 Å². The summed E-state index contributed by atoms with van der Waals surface area (Å²) < 4.78 is 0. The number of carboxylic acids is 1. The Kier molecular flexibility index (Phi) is 4.20. The first-order valence-corrected chi connectivity index (χ1v) is 4.12. The van der Waals surface area contributed by atoms with Gasteiger partial charge in [-0.05, 0) is 32.2 Å². The van der Waals surface area contributed by atoms with E-state index in [2.05, 4.69) is 0 Å². The zero-order chi connectivity index (χ0) is 9.78. The SMILES string of the molecule is CC(CCN)C[C@](C)(N)C(=O)O. The van der Waals surface area contributed by atoms with Gasteiger partial charge in [0.25, 0.3) is 0 Å². The number of rotatable bonds is 5. The van der Waals surface area contributed by atoms with Crippen molar-refractivity contribution in [2.24, 2.45) is 17.4 Å². The Morgan fingerprint density at radius 1 is 1.67 bits per heavy atom. The molecule has 1 unspecified atom stereocenters. The van der Waals surface area contributed by atoms with Gasteiger partial charge in [0, 0.05) is 0 Å². The van der Waals surface area contributed by atoms with E-state index >= 15 is 0 Å². The molecular weight excluding hydrogens is 156 g/mol. The van der Waals surface area contributed by atoms with Gasteiger partial charge >= 0.3 is 5.97 Å². The summed E-state index contributed by atoms with van der Waals surface area (Å²) in [6.45, 7) is 4.07. The number of carbonyl (C=O) groups is 1. The lowest BCUT2D eigenvalue weighted by Gasteiger charge is -2.22. The molecule has 0 heterocycles. The molecule has 0 saturated carbocycles. The maximum absolute atomic E-state index is 10.6. The number of nitrogens with two attached hydrogens (primary N) is 2. The van der Waals surface area contributed by atoms with E-state index in [9.17, 15) is 4.79 Å². The molecule has 12 heavy (non-hydrogen) atoms. The minimum absolute atomic E-state index is 0.265. The molecule has 2 atom stereocenters. The van der Waals surface area contributed by atoms with Gasteiger partial charge in [0.05, 0.1) is 0 Å². The predicted octanol–water partition coefficient (Wildman–Crippen LogP) is 0.163. The summed E-state index contributed by atoms with van der Waals surface area (Å²) in [5.74, 6) is -0.688. The van der Waals surface area contributed by atoms with Crippen molar-refractivity contribution in [1.29, 1.82) is 0 Å². The van der Waals surface area contributed by atoms with Crippen LogP contribution < -0.4 is 11.5 Å². The van der Waals surface area contributed by atoms with E-state index in [0.29, 0.717) is 13.0 Å². The molecule has 0 aliphatic rings. The van der Waals surface area contributed by atoms with Crippen molar-refractivity contribution in [3.63, 3.8) is 0 Å². The molecule has 0 spiro atoms. The van der Waals surface area contributed by atoms with Gasteiger partial charge in [-0.3, -0.25) is 4.79 Å². The first kappa shape index (κ1) is 11.4. The Labute approximate surface area is 72.9 Å². The summed E-state index contributed by atoms with van der Waals surface area (Å²) in [6.07, 6.45) is 1.29. The van der Waals surface area contributed by atoms with Crippen molar-refractivity contribution in [2.75, 3.05) is 6.54 Å². The Morgan fingerprint density at radius 2 is 2.17 bits per heavy atom. The van der Waals surface area contributed by atoms with E-state index in [4.69, 9.17) is 16.6 Å². The molecule has 4 heteroatoms. The van der Waals surface area contributed by atoms with Crippen molar-refractivity contribution in [2.45, 2.75) is 32.2 Å². The Morgan fingerprint density at radius 3 is 2.50 bits per heavy atom. The molecule has 72 valence electrons. The average Bonchev–Trinajstić information content (AvgIpc) is 1.85. The normalized spacial score (nSPS) is 18.3. The van der Waals surface area contributed by atoms with E-state index in [-0.39, 0.29) is 5.92 Å². The second kappa shape index (κ2) is 4.42. The fraction of sp³-hybridized carbons (Fsp3) is 0.875. The number of hydrogen-bond donors (Lipinski definition) is 3. The molecule has 0 radical (unpaired) electrons. The molecule has 0 amide bonds. The average molecular weight is 174 g/mol. The molecule has 0 aromatic carbocycles. The molecule has 0 aliphatic carbocycles. The van der Waals surface area contributed by atoms with Gasteiger partial charge in [-0.1, -0.05) is 6.92 Å². The third-order valence-corrected chi connectivity index (χ3v) is 1.92. The highest BCUT2D eigenvalue weighted by Gasteiger charge is 2.29. The molecule has 4 nitrogen and oxygen atoms in total. The van der Waals surface area contributed by atoms with Crippen LogP contribution in [0.15, 0.2) is 0 Å². The zero-order valence-corrected chi connectivity index (χ0v) is 7.71. The lowest BCUT2D eigenvalue weighted by Crippen LogP contribution is -2.46. The lowest BCUT2D eigenvalue weighted by molar-refractivity contribution is -0.143. The van der Waals surface area contributed by atoms with Crippen LogP contribution in [0.1, 0.15) is 26.7 Å². The molecule has 0 saturated heterocycles. The van der Waals surface area contributed by atoms with E-state index in [1.54, 1.807) is 0 Å². The first-order chi connectivity index (χ1) is 5.40. The van der Waals surface area contributed by atoms with E-state index in [0.717, 1.165) is 6.42 Å². The van der Waals surface area contributed by atoms with Crippen LogP contribution in [0.25, 0.3) is 0 Å². The van der Waals surface area contributed by atoms with Crippen LogP contribution in [0.4, 0.5) is 0 Å². The fourth-order valence-corrected chi connectivity index (χ4v) is 1.20. The van der Waals surface area contributed by atoms with Crippen LogP contribution in [0.2, 0.25) is 0 Å². The monoisotopic (exact) mass is 174 g/mol. The molecule has 0 rings (SSSR count). The highest BCUT2D eigenvalue weighted by atomic mass is 16.4. The quantitative estimate of drug-likeness (QED) is 0.554. The van der Waals surface area contributed by atoms with Gasteiger partial charge in [-0.15, -0.1) is 0 Å². The highest BCUT2D eigenvalue weighted by molar-refractivity contribution is 5.77. The maximum Gasteiger partial charge on any atom is 0.323 e. The van der Waals surface area contributed by atoms with Crippen molar-refractivity contribution >= 4 is 5.97 Å². The van der Waals surface area contributed by atoms with E-state index in [1.165, 1.54) is 6.92 Å². The largest absolute Gasteiger partial charge is 0.480 e. The smallest absolute Gasteiger partial charge is 0.323 e. The molecule has 0 aliphatic heterocycles. The molecule has 0 bridgehead atoms. The maximum atomic E-state index is 10.6. The van der Waals surface area contributed by atoms with Crippen LogP contribution in [0.5, 0.6) is 0 Å². The fourth-order valence-electron chi connectivity index (χ4n) is 1.20. The number of aliphatic carboxylic acids is 1. The molecule has 0 aromatic heterocycles. The van der Waals surface area contributed by atoms with Gasteiger partial charge in [0.15, 0.2) is 0 Å². The minimum atomic E-state index is -1.12. The topological polar surface area (TPSA) is 89.3 Å². The predicted molar refractivity (Wildman–Crippen MR) is 47.7 cm³/mol. The van der Waals surface area contributed by atoms with Crippen molar-refractivity contribution < 1.29 is 9.90 Å². The highest BCUT2D eigenvalue weighted by Crippen LogP contribution is 2.16. The third-order valence-electron chi connectivity index (χ3n) is 1.92. The molecule has 0 fully saturated rings. The van der Waals surface area contributed by atoms with Crippen LogP contribution in [-0.4, -0.2) is 23.2 Å². The van der Waals surface area contributed by atoms with Crippen molar-refractivity contribution in [1.82, 2.24) is 0 Å². The first-order valence-electron chi connectivity index (χ1n) is 4.12. The third kappa shape index (κ3) is 3.69. The summed E-state index contributed by atoms with van der Waals surface area (Å²) in [5, 5.41) is 8.70. The Hall–Kier alpha value is -0.610. The van der Waals surface area contributed by atoms with E-state index < -0.39 is 11.5 Å². The van der Waals surface area contributed by atoms with Crippen LogP contribution in [0, 0.1) is 5.92 Å². The van der Waals surface area contributed by atoms with Gasteiger partial charge in [-0.2, -0.15) is 0 Å². The summed E-state index contributed by atoms with van der Waals surface area (Å²) in [4.78, 5) is 10.6. The lowest BCUT2D eigenvalue weighted by atomic mass is 9.89. The van der Waals surface area contributed by atoms with Gasteiger partial charge in [0.2, 0.25) is 0 Å². The summed E-state index contributed by atoms with van der Waals surface area (Å²) in [7, 11) is 0. The van der Waals surface area contributed by atoms with Gasteiger partial charge < -0.3 is 16.6 Å². The van der Waals surface area contributed by atoms with Crippen molar-refractivity contribution in [3.05, 3.63) is 0 Å². The molecule has 0 aromatic rings. The second-order valence-corrected chi connectivity index (χ2v) is 3.61. The minimum Gasteiger partial charge on any atom is -0.480 e. The molecule has 5 N–H and O–H groups in total. The second-order valence-electron chi connectivity index (χ2n) is 3.61.